The zero-order valence-electron chi connectivity index (χ0n) is 20.0. The molecule has 1 saturated heterocycles. The predicted molar refractivity (Wildman–Crippen MR) is 138 cm³/mol. The van der Waals surface area contributed by atoms with Crippen LogP contribution in [0.5, 0.6) is 0 Å². The van der Waals surface area contributed by atoms with E-state index in [1.165, 1.54) is 0 Å². The van der Waals surface area contributed by atoms with Crippen molar-refractivity contribution in [2.75, 3.05) is 35.7 Å². The van der Waals surface area contributed by atoms with Crippen molar-refractivity contribution in [1.29, 1.82) is 0 Å². The number of nitrogens with one attached hydrogen (secondary N) is 3. The zero-order valence-corrected chi connectivity index (χ0v) is 20.8. The summed E-state index contributed by atoms with van der Waals surface area (Å²) >= 11 is 0.455. The first-order valence-corrected chi connectivity index (χ1v) is 12.7. The van der Waals surface area contributed by atoms with Gasteiger partial charge in [0.2, 0.25) is 11.2 Å². The Morgan fingerprint density at radius 3 is 2.56 bits per heavy atom. The number of hydrogen-bond acceptors (Lipinski definition) is 10. The number of benzene rings is 2. The molecule has 0 saturated carbocycles. The van der Waals surface area contributed by atoms with Gasteiger partial charge in [0, 0.05) is 23.6 Å². The van der Waals surface area contributed by atoms with Gasteiger partial charge in [-0.3, -0.25) is 4.79 Å². The fraction of sp³-hybridized carbons (Fsp3) is 0.240. The number of amides is 1. The molecular weight excluding hydrogens is 535 g/mol. The van der Waals surface area contributed by atoms with Crippen molar-refractivity contribution < 1.29 is 27.1 Å². The second kappa shape index (κ2) is 10.1. The minimum absolute atomic E-state index is 0.126. The van der Waals surface area contributed by atoms with Gasteiger partial charge in [-0.1, -0.05) is 65.0 Å². The number of thiazole rings is 1. The average Bonchev–Trinajstić information content (AvgIpc) is 3.50. The highest BCUT2D eigenvalue weighted by Gasteiger charge is 2.37. The zero-order chi connectivity index (χ0) is 27.0. The van der Waals surface area contributed by atoms with Gasteiger partial charge in [0.15, 0.2) is 5.69 Å². The fourth-order valence-corrected chi connectivity index (χ4v) is 4.85. The molecule has 10 nitrogen and oxygen atoms in total. The van der Waals surface area contributed by atoms with Crippen LogP contribution < -0.4 is 16.0 Å². The van der Waals surface area contributed by atoms with Crippen molar-refractivity contribution in [3.05, 3.63) is 70.7 Å². The molecule has 0 bridgehead atoms. The van der Waals surface area contributed by atoms with Gasteiger partial charge in [0.1, 0.15) is 5.00 Å². The first kappa shape index (κ1) is 25.0. The molecule has 200 valence electrons. The van der Waals surface area contributed by atoms with Gasteiger partial charge < -0.3 is 25.1 Å². The van der Waals surface area contributed by atoms with Crippen molar-refractivity contribution in [1.82, 2.24) is 15.2 Å². The number of benzodiazepines with no additional fused rings is 1. The predicted octanol–water partition coefficient (Wildman–Crippen LogP) is 4.50. The van der Waals surface area contributed by atoms with E-state index in [9.17, 15) is 18.0 Å². The molecular formula is C25H20F3N7O3S. The van der Waals surface area contributed by atoms with Crippen LogP contribution in [0.1, 0.15) is 16.1 Å². The molecule has 2 aliphatic rings. The summed E-state index contributed by atoms with van der Waals surface area (Å²) in [6, 6.07) is 16.4. The van der Waals surface area contributed by atoms with E-state index >= 15 is 0 Å². The molecule has 1 fully saturated rings. The van der Waals surface area contributed by atoms with E-state index in [2.05, 4.69) is 36.1 Å². The largest absolute Gasteiger partial charge is 0.443 e. The number of aliphatic imine (C=N–C) groups is 1. The monoisotopic (exact) mass is 555 g/mol. The number of halogens is 3. The van der Waals surface area contributed by atoms with Gasteiger partial charge in [0.05, 0.1) is 24.6 Å². The maximum atomic E-state index is 13.4. The highest BCUT2D eigenvalue weighted by molar-refractivity contribution is 7.16. The van der Waals surface area contributed by atoms with Crippen LogP contribution in [0.4, 0.5) is 29.9 Å². The van der Waals surface area contributed by atoms with Crippen LogP contribution in [0.15, 0.2) is 64.0 Å². The van der Waals surface area contributed by atoms with Crippen molar-refractivity contribution in [2.24, 2.45) is 10.9 Å². The van der Waals surface area contributed by atoms with Gasteiger partial charge >= 0.3 is 12.2 Å². The van der Waals surface area contributed by atoms with Crippen molar-refractivity contribution in [3.8, 4) is 11.6 Å². The van der Waals surface area contributed by atoms with Gasteiger partial charge in [-0.15, -0.1) is 5.10 Å². The van der Waals surface area contributed by atoms with Crippen molar-refractivity contribution in [2.45, 2.75) is 12.3 Å². The Bertz CT molecular complexity index is 1530. The lowest BCUT2D eigenvalue weighted by Gasteiger charge is -2.26. The molecule has 39 heavy (non-hydrogen) atoms. The highest BCUT2D eigenvalue weighted by Crippen LogP contribution is 2.41. The number of carbonyl (C=O) groups is 1. The molecule has 4 aromatic rings. The summed E-state index contributed by atoms with van der Waals surface area (Å²) in [6.07, 6.45) is -5.81. The summed E-state index contributed by atoms with van der Waals surface area (Å²) in [7, 11) is 0. The molecule has 2 aromatic heterocycles. The number of para-hydroxylation sites is 1. The van der Waals surface area contributed by atoms with E-state index in [1.54, 1.807) is 12.1 Å². The van der Waals surface area contributed by atoms with Gasteiger partial charge in [0.25, 0.3) is 11.8 Å². The van der Waals surface area contributed by atoms with E-state index in [1.807, 2.05) is 42.5 Å². The molecule has 2 aromatic carbocycles. The molecule has 6 rings (SSSR count). The number of anilines is 3. The number of aromatic nitrogens is 3. The third-order valence-electron chi connectivity index (χ3n) is 6.01. The van der Waals surface area contributed by atoms with Crippen LogP contribution in [0.2, 0.25) is 0 Å². The minimum atomic E-state index is -4.64. The number of alkyl halides is 3. The standard InChI is InChI=1S/C25H20F3N7O3S/c26-25(27,28)23-32-18(22(39-23)29-10-13-11-37-12-13)21-34-35-24(38-21)33-19-20(36)30-16-9-5-4-8-15(16)17(31-19)14-6-2-1-3-7-14/h1-9,13,19,29H,10-12H2,(H,30,36)(H,33,35)/t19-/m1/s1. The van der Waals surface area contributed by atoms with Crippen molar-refractivity contribution >= 4 is 39.7 Å². The molecule has 2 aliphatic heterocycles. The molecule has 0 unspecified atom stereocenters. The summed E-state index contributed by atoms with van der Waals surface area (Å²) in [5, 5.41) is 15.5. The second-order valence-corrected chi connectivity index (χ2v) is 9.82. The highest BCUT2D eigenvalue weighted by atomic mass is 32.1. The van der Waals surface area contributed by atoms with Crippen LogP contribution in [0.25, 0.3) is 11.6 Å². The minimum Gasteiger partial charge on any atom is -0.402 e. The Hall–Kier alpha value is -4.30. The average molecular weight is 556 g/mol. The van der Waals surface area contributed by atoms with E-state index in [4.69, 9.17) is 9.15 Å². The summed E-state index contributed by atoms with van der Waals surface area (Å²) in [5.41, 5.74) is 2.52. The summed E-state index contributed by atoms with van der Waals surface area (Å²) in [4.78, 5) is 21.4. The van der Waals surface area contributed by atoms with E-state index < -0.39 is 23.3 Å². The third kappa shape index (κ3) is 5.20. The lowest BCUT2D eigenvalue weighted by Crippen LogP contribution is -2.33. The Morgan fingerprint density at radius 2 is 1.82 bits per heavy atom. The van der Waals surface area contributed by atoms with Crippen LogP contribution in [0, 0.1) is 5.92 Å². The Kier molecular flexibility index (Phi) is 6.48. The maximum Gasteiger partial charge on any atom is 0.443 e. The van der Waals surface area contributed by atoms with Gasteiger partial charge in [-0.05, 0) is 6.07 Å². The maximum absolute atomic E-state index is 13.4. The van der Waals surface area contributed by atoms with E-state index in [0.29, 0.717) is 42.5 Å². The van der Waals surface area contributed by atoms with Gasteiger partial charge in [-0.25, -0.2) is 9.98 Å². The topological polar surface area (TPSA) is 127 Å². The number of fused-ring (bicyclic) bond motifs is 1. The molecule has 1 amide bonds. The van der Waals surface area contributed by atoms with Crippen LogP contribution >= 0.6 is 11.3 Å². The smallest absolute Gasteiger partial charge is 0.402 e. The number of ether oxygens (including phenoxy) is 1. The number of hydrogen-bond donors (Lipinski definition) is 3. The van der Waals surface area contributed by atoms with E-state index in [0.717, 1.165) is 11.1 Å². The van der Waals surface area contributed by atoms with Crippen LogP contribution in [0.3, 0.4) is 0 Å². The normalized spacial score (nSPS) is 17.5. The van der Waals surface area contributed by atoms with E-state index in [-0.39, 0.29) is 28.5 Å². The second-order valence-electron chi connectivity index (χ2n) is 8.82. The molecule has 3 N–H and O–H groups in total. The lowest BCUT2D eigenvalue weighted by atomic mass is 10.0. The summed E-state index contributed by atoms with van der Waals surface area (Å²) in [6.45, 7) is 1.47. The Balaban J connectivity index is 1.30. The van der Waals surface area contributed by atoms with Crippen molar-refractivity contribution in [3.63, 3.8) is 0 Å². The molecule has 1 atom stereocenters. The molecule has 4 heterocycles. The fourth-order valence-electron chi connectivity index (χ4n) is 4.02. The molecule has 14 heteroatoms. The lowest BCUT2D eigenvalue weighted by molar-refractivity contribution is -0.137. The summed E-state index contributed by atoms with van der Waals surface area (Å²) in [5.74, 6) is -0.531. The van der Waals surface area contributed by atoms with Crippen LogP contribution in [-0.2, 0) is 15.7 Å². The SMILES string of the molecule is O=C1Nc2ccccc2C(c2ccccc2)=N[C@@H]1Nc1nnc(-c2nc(C(F)(F)F)sc2NCC2COC2)o1. The third-order valence-corrected chi connectivity index (χ3v) is 7.07. The molecule has 0 aliphatic carbocycles. The first-order chi connectivity index (χ1) is 18.8. The molecule has 0 radical (unpaired) electrons. The first-order valence-electron chi connectivity index (χ1n) is 11.9. The number of nitrogens with zero attached hydrogens (tertiary/aromatic N) is 4. The number of carbonyl (C=O) groups excluding carboxylic acids is 1. The summed E-state index contributed by atoms with van der Waals surface area (Å²) < 4.78 is 51.0. The molecule has 0 spiro atoms. The Morgan fingerprint density at radius 1 is 1.05 bits per heavy atom. The van der Waals surface area contributed by atoms with Crippen LogP contribution in [-0.4, -0.2) is 52.7 Å². The van der Waals surface area contributed by atoms with Gasteiger partial charge in [-0.2, -0.15) is 13.2 Å². The Labute approximate surface area is 223 Å². The quantitative estimate of drug-likeness (QED) is 0.304. The number of rotatable bonds is 7.